The van der Waals surface area contributed by atoms with E-state index in [0.717, 1.165) is 36.3 Å². The zero-order valence-corrected chi connectivity index (χ0v) is 20.2. The Kier molecular flexibility index (Phi) is 10.2. The number of nitrogens with one attached hydrogen (secondary N) is 4. The number of halogens is 1. The predicted octanol–water partition coefficient (Wildman–Crippen LogP) is 3.21. The number of para-hydroxylation sites is 1. The Morgan fingerprint density at radius 2 is 1.84 bits per heavy atom. The molecule has 3 rings (SSSR count). The van der Waals surface area contributed by atoms with E-state index in [1.807, 2.05) is 49.5 Å². The number of H-pyrrole nitrogens is 1. The van der Waals surface area contributed by atoms with Crippen LogP contribution in [0.4, 0.5) is 0 Å². The number of hydrogen-bond acceptors (Lipinski definition) is 3. The Morgan fingerprint density at radius 1 is 1.06 bits per heavy atom. The van der Waals surface area contributed by atoms with Gasteiger partial charge >= 0.3 is 0 Å². The van der Waals surface area contributed by atoms with E-state index in [1.165, 1.54) is 10.9 Å². The molecule has 0 radical (unpaired) electrons. The predicted molar refractivity (Wildman–Crippen MR) is 136 cm³/mol. The molecule has 166 valence electrons. The molecule has 7 nitrogen and oxygen atoms in total. The first-order valence-electron chi connectivity index (χ1n) is 10.2. The molecule has 0 atom stereocenters. The van der Waals surface area contributed by atoms with Crippen molar-refractivity contribution in [3.8, 4) is 5.75 Å². The van der Waals surface area contributed by atoms with Crippen molar-refractivity contribution < 1.29 is 9.53 Å². The first kappa shape index (κ1) is 24.5. The van der Waals surface area contributed by atoms with Crippen molar-refractivity contribution in [1.82, 2.24) is 20.9 Å². The third kappa shape index (κ3) is 7.46. The molecular formula is C23H30IN5O2. The minimum absolute atomic E-state index is 0. The van der Waals surface area contributed by atoms with E-state index < -0.39 is 0 Å². The number of hydrogen-bond donors (Lipinski definition) is 4. The number of rotatable bonds is 9. The van der Waals surface area contributed by atoms with Crippen molar-refractivity contribution in [3.05, 3.63) is 65.9 Å². The van der Waals surface area contributed by atoms with E-state index in [4.69, 9.17) is 4.74 Å². The van der Waals surface area contributed by atoms with Crippen LogP contribution in [0.25, 0.3) is 10.9 Å². The van der Waals surface area contributed by atoms with Crippen LogP contribution in [0, 0.1) is 0 Å². The van der Waals surface area contributed by atoms with Crippen LogP contribution in [0.15, 0.2) is 59.7 Å². The average Bonchev–Trinajstić information content (AvgIpc) is 3.19. The highest BCUT2D eigenvalue weighted by molar-refractivity contribution is 14.0. The molecule has 0 aliphatic carbocycles. The van der Waals surface area contributed by atoms with E-state index in [1.54, 1.807) is 7.11 Å². The van der Waals surface area contributed by atoms with Gasteiger partial charge in [0.15, 0.2) is 5.96 Å². The van der Waals surface area contributed by atoms with E-state index >= 15 is 0 Å². The maximum absolute atomic E-state index is 12.2. The molecule has 0 saturated carbocycles. The van der Waals surface area contributed by atoms with Gasteiger partial charge in [-0.1, -0.05) is 30.3 Å². The van der Waals surface area contributed by atoms with Gasteiger partial charge in [0.1, 0.15) is 12.3 Å². The van der Waals surface area contributed by atoms with Gasteiger partial charge in [-0.25, -0.2) is 4.99 Å². The first-order valence-corrected chi connectivity index (χ1v) is 10.2. The fraction of sp³-hybridized carbons (Fsp3) is 0.304. The normalized spacial score (nSPS) is 11.0. The first-order chi connectivity index (χ1) is 14.7. The molecule has 31 heavy (non-hydrogen) atoms. The molecule has 3 aromatic rings. The fourth-order valence-electron chi connectivity index (χ4n) is 3.15. The van der Waals surface area contributed by atoms with Crippen LogP contribution in [-0.2, 0) is 17.8 Å². The number of carbonyl (C=O) groups excluding carboxylic acids is 1. The van der Waals surface area contributed by atoms with E-state index in [-0.39, 0.29) is 36.4 Å². The zero-order chi connectivity index (χ0) is 21.2. The maximum Gasteiger partial charge on any atom is 0.242 e. The summed E-state index contributed by atoms with van der Waals surface area (Å²) in [4.78, 5) is 19.8. The summed E-state index contributed by atoms with van der Waals surface area (Å²) in [6.45, 7) is 3.98. The molecule has 0 aliphatic heterocycles. The average molecular weight is 535 g/mol. The standard InChI is InChI=1S/C23H29N5O2.HI/c1-3-24-23(25-13-12-18-15-26-21-7-5-4-6-20(18)21)28-16-22(29)27-14-17-8-10-19(30-2)11-9-17;/h4-11,15,26H,3,12-14,16H2,1-2H3,(H,27,29)(H2,24,25,28);1H. The summed E-state index contributed by atoms with van der Waals surface area (Å²) in [5.41, 5.74) is 3.41. The van der Waals surface area contributed by atoms with Gasteiger partial charge in [0.2, 0.25) is 5.91 Å². The molecule has 0 aliphatic rings. The molecule has 2 aromatic carbocycles. The monoisotopic (exact) mass is 535 g/mol. The van der Waals surface area contributed by atoms with Gasteiger partial charge in [0, 0.05) is 36.7 Å². The number of aromatic nitrogens is 1. The fourth-order valence-corrected chi connectivity index (χ4v) is 3.15. The summed E-state index contributed by atoms with van der Waals surface area (Å²) in [5, 5.41) is 10.6. The topological polar surface area (TPSA) is 90.5 Å². The quantitative estimate of drug-likeness (QED) is 0.193. The number of carbonyl (C=O) groups is 1. The molecule has 1 amide bonds. The summed E-state index contributed by atoms with van der Waals surface area (Å²) in [7, 11) is 1.63. The Morgan fingerprint density at radius 3 is 2.58 bits per heavy atom. The van der Waals surface area contributed by atoms with Gasteiger partial charge in [0.25, 0.3) is 0 Å². The molecule has 4 N–H and O–H groups in total. The van der Waals surface area contributed by atoms with E-state index in [9.17, 15) is 4.79 Å². The Labute approximate surface area is 200 Å². The van der Waals surface area contributed by atoms with Crippen molar-refractivity contribution in [2.75, 3.05) is 26.7 Å². The number of aliphatic imine (C=N–C) groups is 1. The number of benzene rings is 2. The van der Waals surface area contributed by atoms with Crippen LogP contribution in [0.3, 0.4) is 0 Å². The lowest BCUT2D eigenvalue weighted by Gasteiger charge is -2.11. The second-order valence-electron chi connectivity index (χ2n) is 6.86. The van der Waals surface area contributed by atoms with Gasteiger partial charge in [-0.3, -0.25) is 4.79 Å². The number of methoxy groups -OCH3 is 1. The minimum Gasteiger partial charge on any atom is -0.497 e. The second-order valence-corrected chi connectivity index (χ2v) is 6.86. The summed E-state index contributed by atoms with van der Waals surface area (Å²) in [6.07, 6.45) is 2.90. The zero-order valence-electron chi connectivity index (χ0n) is 17.9. The van der Waals surface area contributed by atoms with Crippen LogP contribution >= 0.6 is 24.0 Å². The molecule has 1 heterocycles. The lowest BCUT2D eigenvalue weighted by Crippen LogP contribution is -2.39. The molecule has 1 aromatic heterocycles. The number of guanidine groups is 1. The molecule has 0 unspecified atom stereocenters. The van der Waals surface area contributed by atoms with Crippen LogP contribution < -0.4 is 20.7 Å². The third-order valence-electron chi connectivity index (χ3n) is 4.74. The summed E-state index contributed by atoms with van der Waals surface area (Å²) < 4.78 is 5.14. The maximum atomic E-state index is 12.2. The SMILES string of the molecule is CCNC(=NCC(=O)NCc1ccc(OC)cc1)NCCc1c[nH]c2ccccc12.I. The largest absolute Gasteiger partial charge is 0.497 e. The van der Waals surface area contributed by atoms with Crippen molar-refractivity contribution >= 4 is 46.7 Å². The number of nitrogens with zero attached hydrogens (tertiary/aromatic N) is 1. The van der Waals surface area contributed by atoms with Crippen molar-refractivity contribution in [1.29, 1.82) is 0 Å². The molecule has 0 spiro atoms. The van der Waals surface area contributed by atoms with Gasteiger partial charge in [0.05, 0.1) is 7.11 Å². The third-order valence-corrected chi connectivity index (χ3v) is 4.74. The molecule has 0 fully saturated rings. The smallest absolute Gasteiger partial charge is 0.242 e. The number of amides is 1. The summed E-state index contributed by atoms with van der Waals surface area (Å²) >= 11 is 0. The number of fused-ring (bicyclic) bond motifs is 1. The van der Waals surface area contributed by atoms with Crippen LogP contribution in [0.2, 0.25) is 0 Å². The highest BCUT2D eigenvalue weighted by Crippen LogP contribution is 2.17. The Balaban J connectivity index is 0.00000341. The van der Waals surface area contributed by atoms with Gasteiger partial charge < -0.3 is 25.7 Å². The molecular weight excluding hydrogens is 505 g/mol. The highest BCUT2D eigenvalue weighted by Gasteiger charge is 2.05. The molecule has 0 bridgehead atoms. The summed E-state index contributed by atoms with van der Waals surface area (Å²) in [5.74, 6) is 1.31. The lowest BCUT2D eigenvalue weighted by molar-refractivity contribution is -0.119. The Bertz CT molecular complexity index is 985. The van der Waals surface area contributed by atoms with Crippen LogP contribution in [0.1, 0.15) is 18.1 Å². The van der Waals surface area contributed by atoms with E-state index in [2.05, 4.69) is 38.1 Å². The molecule has 8 heteroatoms. The van der Waals surface area contributed by atoms with Crippen molar-refractivity contribution in [2.24, 2.45) is 4.99 Å². The van der Waals surface area contributed by atoms with Crippen molar-refractivity contribution in [2.45, 2.75) is 19.9 Å². The number of aromatic amines is 1. The van der Waals surface area contributed by atoms with Gasteiger partial charge in [-0.15, -0.1) is 24.0 Å². The van der Waals surface area contributed by atoms with Gasteiger partial charge in [-0.2, -0.15) is 0 Å². The summed E-state index contributed by atoms with van der Waals surface area (Å²) in [6, 6.07) is 15.9. The lowest BCUT2D eigenvalue weighted by atomic mass is 10.1. The number of ether oxygens (including phenoxy) is 1. The molecule has 0 saturated heterocycles. The minimum atomic E-state index is -0.125. The van der Waals surface area contributed by atoms with Crippen LogP contribution in [0.5, 0.6) is 5.75 Å². The Hall–Kier alpha value is -2.75. The van der Waals surface area contributed by atoms with E-state index in [0.29, 0.717) is 12.5 Å². The van der Waals surface area contributed by atoms with Crippen LogP contribution in [-0.4, -0.2) is 43.6 Å². The second kappa shape index (κ2) is 12.8. The van der Waals surface area contributed by atoms with Crippen molar-refractivity contribution in [3.63, 3.8) is 0 Å². The van der Waals surface area contributed by atoms with Gasteiger partial charge in [-0.05, 0) is 42.7 Å². The highest BCUT2D eigenvalue weighted by atomic mass is 127.